The van der Waals surface area contributed by atoms with Crippen LogP contribution in [0, 0.1) is 0 Å². The smallest absolute Gasteiger partial charge is 0.549 e. The standard InChI is InChI=1S/C14H19NO4.K.Li/c1-14(2,3)9-4-5-10(8(6-9)7-15)11(12(16)17)13(18)19;;/h4-6,11H,7,15H2,1-3H3,(H,16,17)(H,18,19);;/q;2*+1/p-2. The van der Waals surface area contributed by atoms with Gasteiger partial charge in [-0.25, -0.2) is 0 Å². The van der Waals surface area contributed by atoms with Gasteiger partial charge in [0.1, 0.15) is 0 Å². The van der Waals surface area contributed by atoms with Crippen molar-refractivity contribution in [3.8, 4) is 0 Å². The molecule has 0 bridgehead atoms. The number of aliphatic carboxylic acids is 2. The number of rotatable bonds is 4. The molecule has 0 amide bonds. The molecule has 104 valence electrons. The van der Waals surface area contributed by atoms with Crippen LogP contribution < -0.4 is 86.2 Å². The van der Waals surface area contributed by atoms with E-state index in [0.717, 1.165) is 5.56 Å². The van der Waals surface area contributed by atoms with Crippen LogP contribution in [-0.4, -0.2) is 11.9 Å². The SMILES string of the molecule is CC(C)(C)c1ccc(C(C(=O)[O-])C(=O)[O-])c(CN)c1.[K+].[Li+]. The predicted octanol–water partition coefficient (Wildman–Crippen LogP) is -6.97. The molecule has 0 aliphatic rings. The molecule has 0 saturated carbocycles. The van der Waals surface area contributed by atoms with Crippen LogP contribution in [0.15, 0.2) is 18.2 Å². The fourth-order valence-corrected chi connectivity index (χ4v) is 1.88. The van der Waals surface area contributed by atoms with Crippen LogP contribution in [0.5, 0.6) is 0 Å². The van der Waals surface area contributed by atoms with E-state index in [0.29, 0.717) is 5.56 Å². The average molecular weight is 309 g/mol. The van der Waals surface area contributed by atoms with Gasteiger partial charge in [0.05, 0.1) is 17.9 Å². The van der Waals surface area contributed by atoms with Crippen molar-refractivity contribution in [2.24, 2.45) is 5.73 Å². The second-order valence-electron chi connectivity index (χ2n) is 5.44. The molecule has 21 heavy (non-hydrogen) atoms. The summed E-state index contributed by atoms with van der Waals surface area (Å²) in [4.78, 5) is 21.8. The van der Waals surface area contributed by atoms with Crippen molar-refractivity contribution in [3.63, 3.8) is 0 Å². The van der Waals surface area contributed by atoms with Gasteiger partial charge >= 0.3 is 70.2 Å². The Hall–Kier alpha value is 0.354. The normalized spacial score (nSPS) is 10.5. The summed E-state index contributed by atoms with van der Waals surface area (Å²) in [6.07, 6.45) is 0. The van der Waals surface area contributed by atoms with Crippen LogP contribution >= 0.6 is 0 Å². The number of nitrogens with two attached hydrogens (primary N) is 1. The maximum atomic E-state index is 10.9. The molecule has 5 nitrogen and oxygen atoms in total. The molecule has 0 aliphatic heterocycles. The number of carboxylic acids is 2. The van der Waals surface area contributed by atoms with E-state index < -0.39 is 17.9 Å². The van der Waals surface area contributed by atoms with Gasteiger partial charge in [-0.1, -0.05) is 39.0 Å². The van der Waals surface area contributed by atoms with Crippen LogP contribution in [0.1, 0.15) is 43.4 Å². The summed E-state index contributed by atoms with van der Waals surface area (Å²) in [5, 5.41) is 21.8. The van der Waals surface area contributed by atoms with E-state index in [9.17, 15) is 19.8 Å². The van der Waals surface area contributed by atoms with Crippen LogP contribution in [0.2, 0.25) is 0 Å². The van der Waals surface area contributed by atoms with Crippen molar-refractivity contribution in [2.45, 2.75) is 38.6 Å². The zero-order valence-electron chi connectivity index (χ0n) is 13.2. The summed E-state index contributed by atoms with van der Waals surface area (Å²) in [6, 6.07) is 4.90. The number of hydrogen-bond acceptors (Lipinski definition) is 5. The number of benzene rings is 1. The van der Waals surface area contributed by atoms with Gasteiger partial charge in [0.25, 0.3) is 0 Å². The molecule has 0 radical (unpaired) electrons. The molecule has 0 aliphatic carbocycles. The third-order valence-electron chi connectivity index (χ3n) is 3.01. The van der Waals surface area contributed by atoms with Crippen molar-refractivity contribution in [1.29, 1.82) is 0 Å². The van der Waals surface area contributed by atoms with Gasteiger partial charge in [-0.2, -0.15) is 0 Å². The fraction of sp³-hybridized carbons (Fsp3) is 0.429. The van der Waals surface area contributed by atoms with Gasteiger partial charge < -0.3 is 25.5 Å². The molecule has 2 N–H and O–H groups in total. The van der Waals surface area contributed by atoms with E-state index in [1.54, 1.807) is 12.1 Å². The molecule has 1 rings (SSSR count). The third-order valence-corrected chi connectivity index (χ3v) is 3.01. The Morgan fingerprint density at radius 1 is 1.19 bits per heavy atom. The summed E-state index contributed by atoms with van der Waals surface area (Å²) in [7, 11) is 0. The maximum absolute atomic E-state index is 10.9. The average Bonchev–Trinajstić information content (AvgIpc) is 2.27. The van der Waals surface area contributed by atoms with Crippen LogP contribution in [0.25, 0.3) is 0 Å². The van der Waals surface area contributed by atoms with Gasteiger partial charge in [-0.3, -0.25) is 0 Å². The zero-order valence-corrected chi connectivity index (χ0v) is 16.3. The number of hydrogen-bond donors (Lipinski definition) is 1. The van der Waals surface area contributed by atoms with E-state index in [4.69, 9.17) is 5.73 Å². The first-order valence-electron chi connectivity index (χ1n) is 5.93. The predicted molar refractivity (Wildman–Crippen MR) is 65.8 cm³/mol. The largest absolute Gasteiger partial charge is 1.00 e. The van der Waals surface area contributed by atoms with E-state index >= 15 is 0 Å². The monoisotopic (exact) mass is 309 g/mol. The summed E-state index contributed by atoms with van der Waals surface area (Å²) in [6.45, 7) is 6.04. The van der Waals surface area contributed by atoms with Crippen LogP contribution in [0.4, 0.5) is 0 Å². The summed E-state index contributed by atoms with van der Waals surface area (Å²) >= 11 is 0. The number of carboxylic acid groups (broad SMARTS) is 2. The molecule has 0 saturated heterocycles. The van der Waals surface area contributed by atoms with Gasteiger partial charge in [0.15, 0.2) is 0 Å². The molecule has 0 aromatic heterocycles. The van der Waals surface area contributed by atoms with Crippen LogP contribution in [-0.2, 0) is 21.5 Å². The van der Waals surface area contributed by atoms with Crippen molar-refractivity contribution < 1.29 is 90.0 Å². The molecule has 0 atom stereocenters. The second-order valence-corrected chi connectivity index (χ2v) is 5.44. The molecule has 0 fully saturated rings. The van der Waals surface area contributed by atoms with Crippen molar-refractivity contribution >= 4 is 11.9 Å². The van der Waals surface area contributed by atoms with Crippen molar-refractivity contribution in [1.82, 2.24) is 0 Å². The van der Waals surface area contributed by atoms with E-state index in [-0.39, 0.29) is 87.8 Å². The van der Waals surface area contributed by atoms with Crippen LogP contribution in [0.3, 0.4) is 0 Å². The van der Waals surface area contributed by atoms with Gasteiger partial charge in [-0.15, -0.1) is 0 Å². The maximum Gasteiger partial charge on any atom is 1.00 e. The zero-order chi connectivity index (χ0) is 14.8. The van der Waals surface area contributed by atoms with Gasteiger partial charge in [-0.05, 0) is 22.1 Å². The number of carbonyl (C=O) groups excluding carboxylic acids is 2. The van der Waals surface area contributed by atoms with E-state index in [1.165, 1.54) is 6.07 Å². The van der Waals surface area contributed by atoms with Crippen molar-refractivity contribution in [2.75, 3.05) is 0 Å². The first kappa shape index (κ1) is 23.6. The quantitative estimate of drug-likeness (QED) is 0.439. The Morgan fingerprint density at radius 3 is 2.00 bits per heavy atom. The first-order valence-corrected chi connectivity index (χ1v) is 5.93. The Morgan fingerprint density at radius 2 is 1.67 bits per heavy atom. The molecular weight excluding hydrogens is 292 g/mol. The summed E-state index contributed by atoms with van der Waals surface area (Å²) in [5.74, 6) is -5.19. The van der Waals surface area contributed by atoms with E-state index in [2.05, 4.69) is 0 Å². The summed E-state index contributed by atoms with van der Waals surface area (Å²) < 4.78 is 0. The van der Waals surface area contributed by atoms with Crippen molar-refractivity contribution in [3.05, 3.63) is 34.9 Å². The minimum absolute atomic E-state index is 0. The first-order chi connectivity index (χ1) is 8.68. The Kier molecular flexibility index (Phi) is 10.7. The number of carbonyl (C=O) groups is 2. The minimum Gasteiger partial charge on any atom is -0.549 e. The molecule has 0 unspecified atom stereocenters. The molecule has 0 spiro atoms. The minimum atomic E-state index is -1.80. The molecule has 1 aromatic carbocycles. The third kappa shape index (κ3) is 6.16. The van der Waals surface area contributed by atoms with Gasteiger partial charge in [0, 0.05) is 6.54 Å². The summed E-state index contributed by atoms with van der Waals surface area (Å²) in [5.41, 5.74) is 6.99. The fourth-order valence-electron chi connectivity index (χ4n) is 1.88. The molecule has 0 heterocycles. The molecule has 1 aromatic rings. The Balaban J connectivity index is 0. The van der Waals surface area contributed by atoms with E-state index in [1.807, 2.05) is 20.8 Å². The Labute approximate surface area is 179 Å². The second kappa shape index (κ2) is 9.48. The Bertz CT molecular complexity index is 500. The van der Waals surface area contributed by atoms with Gasteiger partial charge in [0.2, 0.25) is 0 Å². The molecule has 7 heteroatoms. The molecular formula is C14H17KLiNO4. The topological polar surface area (TPSA) is 106 Å².